The van der Waals surface area contributed by atoms with Crippen LogP contribution in [0.4, 0.5) is 10.1 Å². The molecule has 0 atom stereocenters. The number of rotatable bonds is 5. The van der Waals surface area contributed by atoms with Crippen molar-refractivity contribution in [1.82, 2.24) is 0 Å². The lowest BCUT2D eigenvalue weighted by atomic mass is 10.1. The number of nitrogens with one attached hydrogen (secondary N) is 1. The van der Waals surface area contributed by atoms with Gasteiger partial charge in [-0.2, -0.15) is 0 Å². The van der Waals surface area contributed by atoms with Crippen molar-refractivity contribution in [2.45, 2.75) is 11.4 Å². The smallest absolute Gasteiger partial charge is 0.337 e. The fourth-order valence-corrected chi connectivity index (χ4v) is 2.25. The molecule has 0 fully saturated rings. The van der Waals surface area contributed by atoms with Crippen LogP contribution in [0.15, 0.2) is 47.4 Å². The molecule has 2 aromatic rings. The normalized spacial score (nSPS) is 10.2. The van der Waals surface area contributed by atoms with Gasteiger partial charge in [0.05, 0.1) is 18.4 Å². The fourth-order valence-electron chi connectivity index (χ4n) is 1.85. The quantitative estimate of drug-likeness (QED) is 0.670. The van der Waals surface area contributed by atoms with Gasteiger partial charge < -0.3 is 10.1 Å². The Kier molecular flexibility index (Phi) is 5.22. The standard InChI is InChI=1S/C16H16FNO2S/c1-20-16(19)12-5-8-14(17)15(9-12)18-10-11-3-6-13(21-2)7-4-11/h3-9,18H,10H2,1-2H3. The molecule has 0 aliphatic rings. The molecule has 0 aliphatic heterocycles. The Morgan fingerprint density at radius 1 is 1.24 bits per heavy atom. The lowest BCUT2D eigenvalue weighted by Gasteiger charge is -2.09. The van der Waals surface area contributed by atoms with E-state index in [1.54, 1.807) is 11.8 Å². The van der Waals surface area contributed by atoms with Crippen LogP contribution < -0.4 is 5.32 Å². The molecule has 0 saturated heterocycles. The van der Waals surface area contributed by atoms with Crippen LogP contribution in [-0.2, 0) is 11.3 Å². The zero-order valence-electron chi connectivity index (χ0n) is 11.9. The molecule has 0 heterocycles. The van der Waals surface area contributed by atoms with Gasteiger partial charge in [0.1, 0.15) is 5.82 Å². The molecule has 5 heteroatoms. The molecular formula is C16H16FNO2S. The summed E-state index contributed by atoms with van der Waals surface area (Å²) in [7, 11) is 1.30. The first-order valence-electron chi connectivity index (χ1n) is 6.38. The molecule has 110 valence electrons. The van der Waals surface area contributed by atoms with Crippen LogP contribution >= 0.6 is 11.8 Å². The van der Waals surface area contributed by atoms with Crippen LogP contribution in [0, 0.1) is 5.82 Å². The fraction of sp³-hybridized carbons (Fsp3) is 0.188. The van der Waals surface area contributed by atoms with E-state index in [-0.39, 0.29) is 5.69 Å². The monoisotopic (exact) mass is 305 g/mol. The van der Waals surface area contributed by atoms with Crippen molar-refractivity contribution >= 4 is 23.4 Å². The number of anilines is 1. The SMILES string of the molecule is COC(=O)c1ccc(F)c(NCc2ccc(SC)cc2)c1. The van der Waals surface area contributed by atoms with Crippen molar-refractivity contribution in [3.8, 4) is 0 Å². The Morgan fingerprint density at radius 2 is 1.95 bits per heavy atom. The molecule has 2 aromatic carbocycles. The number of halogens is 1. The van der Waals surface area contributed by atoms with Gasteiger partial charge in [0.2, 0.25) is 0 Å². The first-order chi connectivity index (χ1) is 10.1. The van der Waals surface area contributed by atoms with Crippen LogP contribution in [0.3, 0.4) is 0 Å². The van der Waals surface area contributed by atoms with Crippen molar-refractivity contribution in [1.29, 1.82) is 0 Å². The molecule has 0 aromatic heterocycles. The van der Waals surface area contributed by atoms with Crippen molar-refractivity contribution in [3.63, 3.8) is 0 Å². The molecule has 0 unspecified atom stereocenters. The molecular weight excluding hydrogens is 289 g/mol. The number of methoxy groups -OCH3 is 1. The highest BCUT2D eigenvalue weighted by atomic mass is 32.2. The van der Waals surface area contributed by atoms with Crippen LogP contribution in [-0.4, -0.2) is 19.3 Å². The third-order valence-corrected chi connectivity index (χ3v) is 3.77. The summed E-state index contributed by atoms with van der Waals surface area (Å²) in [6.45, 7) is 0.482. The number of carbonyl (C=O) groups excluding carboxylic acids is 1. The third-order valence-electron chi connectivity index (χ3n) is 3.03. The summed E-state index contributed by atoms with van der Waals surface area (Å²) >= 11 is 1.67. The average molecular weight is 305 g/mol. The summed E-state index contributed by atoms with van der Waals surface area (Å²) in [5.74, 6) is -0.884. The van der Waals surface area contributed by atoms with E-state index in [1.807, 2.05) is 30.5 Å². The summed E-state index contributed by atoms with van der Waals surface area (Å²) in [5, 5.41) is 3.00. The topological polar surface area (TPSA) is 38.3 Å². The maximum Gasteiger partial charge on any atom is 0.337 e. The minimum absolute atomic E-state index is 0.284. The summed E-state index contributed by atoms with van der Waals surface area (Å²) in [5.41, 5.74) is 1.64. The van der Waals surface area contributed by atoms with Gasteiger partial charge in [-0.15, -0.1) is 11.8 Å². The number of hydrogen-bond donors (Lipinski definition) is 1. The van der Waals surface area contributed by atoms with Gasteiger partial charge in [0.25, 0.3) is 0 Å². The van der Waals surface area contributed by atoms with Gasteiger partial charge in [0.15, 0.2) is 0 Å². The second-order valence-corrected chi connectivity index (χ2v) is 5.27. The van der Waals surface area contributed by atoms with Gasteiger partial charge in [-0.3, -0.25) is 0 Å². The van der Waals surface area contributed by atoms with E-state index in [0.29, 0.717) is 12.1 Å². The Bertz CT molecular complexity index is 629. The molecule has 0 spiro atoms. The number of hydrogen-bond acceptors (Lipinski definition) is 4. The second kappa shape index (κ2) is 7.13. The highest BCUT2D eigenvalue weighted by Crippen LogP contribution is 2.19. The Balaban J connectivity index is 2.09. The van der Waals surface area contributed by atoms with E-state index in [9.17, 15) is 9.18 Å². The summed E-state index contributed by atoms with van der Waals surface area (Å²) in [4.78, 5) is 12.6. The molecule has 21 heavy (non-hydrogen) atoms. The molecule has 0 saturated carbocycles. The number of ether oxygens (including phenoxy) is 1. The van der Waals surface area contributed by atoms with Crippen LogP contribution in [0.2, 0.25) is 0 Å². The van der Waals surface area contributed by atoms with Gasteiger partial charge in [0, 0.05) is 11.4 Å². The van der Waals surface area contributed by atoms with E-state index in [0.717, 1.165) is 5.56 Å². The van der Waals surface area contributed by atoms with Crippen LogP contribution in [0.5, 0.6) is 0 Å². The highest BCUT2D eigenvalue weighted by Gasteiger charge is 2.09. The van der Waals surface area contributed by atoms with Crippen molar-refractivity contribution in [2.75, 3.05) is 18.7 Å². The number of esters is 1. The maximum absolute atomic E-state index is 13.7. The van der Waals surface area contributed by atoms with Crippen LogP contribution in [0.25, 0.3) is 0 Å². The Hall–Kier alpha value is -2.01. The maximum atomic E-state index is 13.7. The Labute approximate surface area is 127 Å². The minimum Gasteiger partial charge on any atom is -0.465 e. The number of thioether (sulfide) groups is 1. The van der Waals surface area contributed by atoms with E-state index < -0.39 is 11.8 Å². The van der Waals surface area contributed by atoms with E-state index in [4.69, 9.17) is 0 Å². The molecule has 0 amide bonds. The van der Waals surface area contributed by atoms with Crippen molar-refractivity contribution < 1.29 is 13.9 Å². The number of benzene rings is 2. The zero-order chi connectivity index (χ0) is 15.2. The lowest BCUT2D eigenvalue weighted by molar-refractivity contribution is 0.0600. The summed E-state index contributed by atoms with van der Waals surface area (Å²) in [6, 6.07) is 12.1. The van der Waals surface area contributed by atoms with Crippen LogP contribution in [0.1, 0.15) is 15.9 Å². The second-order valence-electron chi connectivity index (χ2n) is 4.39. The van der Waals surface area contributed by atoms with Gasteiger partial charge in [-0.25, -0.2) is 9.18 Å². The first-order valence-corrected chi connectivity index (χ1v) is 7.61. The first kappa shape index (κ1) is 15.4. The molecule has 0 aliphatic carbocycles. The number of carbonyl (C=O) groups is 1. The molecule has 2 rings (SSSR count). The molecule has 0 bridgehead atoms. The van der Waals surface area contributed by atoms with Gasteiger partial charge >= 0.3 is 5.97 Å². The van der Waals surface area contributed by atoms with Gasteiger partial charge in [-0.1, -0.05) is 12.1 Å². The predicted molar refractivity (Wildman–Crippen MR) is 83.3 cm³/mol. The van der Waals surface area contributed by atoms with E-state index in [1.165, 1.54) is 30.2 Å². The predicted octanol–water partition coefficient (Wildman–Crippen LogP) is 3.95. The zero-order valence-corrected chi connectivity index (χ0v) is 12.7. The Morgan fingerprint density at radius 3 is 2.57 bits per heavy atom. The third kappa shape index (κ3) is 3.98. The van der Waals surface area contributed by atoms with E-state index >= 15 is 0 Å². The minimum atomic E-state index is -0.484. The highest BCUT2D eigenvalue weighted by molar-refractivity contribution is 7.98. The average Bonchev–Trinajstić information content (AvgIpc) is 2.53. The van der Waals surface area contributed by atoms with Crippen molar-refractivity contribution in [3.05, 3.63) is 59.4 Å². The van der Waals surface area contributed by atoms with Crippen molar-refractivity contribution in [2.24, 2.45) is 0 Å². The lowest BCUT2D eigenvalue weighted by Crippen LogP contribution is -2.05. The summed E-state index contributed by atoms with van der Waals surface area (Å²) in [6.07, 6.45) is 2.01. The molecule has 3 nitrogen and oxygen atoms in total. The summed E-state index contributed by atoms with van der Waals surface area (Å²) < 4.78 is 18.4. The van der Waals surface area contributed by atoms with E-state index in [2.05, 4.69) is 10.1 Å². The molecule has 1 N–H and O–H groups in total. The largest absolute Gasteiger partial charge is 0.465 e. The van der Waals surface area contributed by atoms with Gasteiger partial charge in [-0.05, 0) is 42.2 Å². The molecule has 0 radical (unpaired) electrons.